The first-order chi connectivity index (χ1) is 23.7. The maximum absolute atomic E-state index is 13.8. The van der Waals surface area contributed by atoms with Crippen LogP contribution in [0.4, 0.5) is 5.00 Å². The Balaban J connectivity index is 1.79. The van der Waals surface area contributed by atoms with Crippen LogP contribution in [0.5, 0.6) is 0 Å². The van der Waals surface area contributed by atoms with E-state index in [9.17, 15) is 33.2 Å². The second kappa shape index (κ2) is 19.2. The van der Waals surface area contributed by atoms with Gasteiger partial charge in [0.2, 0.25) is 21.8 Å². The molecule has 0 fully saturated rings. The first-order valence-corrected chi connectivity index (χ1v) is 18.6. The second-order valence-electron chi connectivity index (χ2n) is 12.5. The van der Waals surface area contributed by atoms with E-state index < -0.39 is 44.9 Å². The molecule has 0 spiro atoms. The zero-order valence-corrected chi connectivity index (χ0v) is 30.2. The molecule has 1 aromatic heterocycles. The number of carbonyl (C=O) groups is 2. The number of rotatable bonds is 20. The number of nitrogens with zero attached hydrogens (tertiary/aromatic N) is 3. The molecule has 2 unspecified atom stereocenters. The summed E-state index contributed by atoms with van der Waals surface area (Å²) in [7, 11) is -4.08. The van der Waals surface area contributed by atoms with Gasteiger partial charge in [-0.05, 0) is 47.1 Å². The van der Waals surface area contributed by atoms with Gasteiger partial charge >= 0.3 is 5.00 Å². The Labute approximate surface area is 296 Å². The minimum absolute atomic E-state index is 0.000236. The van der Waals surface area contributed by atoms with E-state index in [0.29, 0.717) is 17.5 Å². The Morgan fingerprint density at radius 3 is 2.30 bits per heavy atom. The fraction of sp³-hybridized carbons (Fsp3) is 0.441. The average molecular weight is 731 g/mol. The molecule has 0 aliphatic rings. The molecule has 0 aliphatic heterocycles. The molecule has 16 heteroatoms. The highest BCUT2D eigenvalue weighted by Gasteiger charge is 2.34. The van der Waals surface area contributed by atoms with Crippen LogP contribution in [0.15, 0.2) is 76.1 Å². The molecule has 0 saturated carbocycles. The lowest BCUT2D eigenvalue weighted by molar-refractivity contribution is -0.380. The Kier molecular flexibility index (Phi) is 15.5. The van der Waals surface area contributed by atoms with Gasteiger partial charge in [0, 0.05) is 31.1 Å². The number of benzene rings is 2. The van der Waals surface area contributed by atoms with Crippen LogP contribution in [0, 0.1) is 22.0 Å². The van der Waals surface area contributed by atoms with Gasteiger partial charge in [0.1, 0.15) is 6.04 Å². The molecule has 50 heavy (non-hydrogen) atoms. The molecule has 5 N–H and O–H groups in total. The Morgan fingerprint density at radius 1 is 1.04 bits per heavy atom. The highest BCUT2D eigenvalue weighted by Crippen LogP contribution is 2.23. The van der Waals surface area contributed by atoms with Crippen molar-refractivity contribution in [3.05, 3.63) is 92.8 Å². The SMILES string of the molecule is CCC(C)C(NC(=O)CNCc1csc([N+](=O)[O-])c1)C(=O)N[C@@H](Cc1ccccc1)[C@H](O)CN(CC(C)C)S(=O)(=O)c1ccc(/C=N/O)cc1. The first-order valence-electron chi connectivity index (χ1n) is 16.3. The molecule has 0 radical (unpaired) electrons. The maximum Gasteiger partial charge on any atom is 0.324 e. The smallest absolute Gasteiger partial charge is 0.324 e. The molecule has 2 amide bonds. The van der Waals surface area contributed by atoms with Gasteiger partial charge in [-0.15, -0.1) is 0 Å². The number of sulfonamides is 1. The zero-order valence-electron chi connectivity index (χ0n) is 28.6. The van der Waals surface area contributed by atoms with Gasteiger partial charge in [-0.3, -0.25) is 19.7 Å². The highest BCUT2D eigenvalue weighted by atomic mass is 32.2. The molecular weight excluding hydrogens is 685 g/mol. The standard InChI is InChI=1S/C34H46N6O8S2/c1-5-24(4)33(38-31(42)19-35-17-27-16-32(40(45)46)49-22-27)34(43)37-29(15-25-9-7-6-8-10-25)30(41)21-39(20-23(2)3)50(47,48)28-13-11-26(12-14-28)18-36-44/h6-14,16,18,22-24,29-30,33,35,41,44H,5,15,17,19-21H2,1-4H3,(H,37,43)(H,38,42)/b36-18+/t24?,29-,30+,33?/m0/s1. The fourth-order valence-corrected chi connectivity index (χ4v) is 7.53. The van der Waals surface area contributed by atoms with Crippen molar-refractivity contribution in [2.45, 2.75) is 70.2 Å². The monoisotopic (exact) mass is 730 g/mol. The predicted molar refractivity (Wildman–Crippen MR) is 192 cm³/mol. The summed E-state index contributed by atoms with van der Waals surface area (Å²) in [4.78, 5) is 37.3. The second-order valence-corrected chi connectivity index (χ2v) is 15.3. The van der Waals surface area contributed by atoms with Gasteiger partial charge in [-0.1, -0.05) is 93.1 Å². The molecule has 272 valence electrons. The largest absolute Gasteiger partial charge is 0.411 e. The highest BCUT2D eigenvalue weighted by molar-refractivity contribution is 7.89. The molecule has 0 saturated heterocycles. The van der Waals surface area contributed by atoms with Crippen LogP contribution in [0.1, 0.15) is 50.8 Å². The van der Waals surface area contributed by atoms with E-state index in [1.54, 1.807) is 5.38 Å². The minimum Gasteiger partial charge on any atom is -0.411 e. The van der Waals surface area contributed by atoms with Crippen molar-refractivity contribution >= 4 is 44.4 Å². The van der Waals surface area contributed by atoms with Crippen LogP contribution in [-0.2, 0) is 32.6 Å². The molecule has 1 heterocycles. The molecule has 2 aromatic carbocycles. The molecule has 3 aromatic rings. The number of oxime groups is 1. The summed E-state index contributed by atoms with van der Waals surface area (Å²) in [6, 6.07) is 14.5. The number of carbonyl (C=O) groups excluding carboxylic acids is 2. The van der Waals surface area contributed by atoms with Gasteiger partial charge < -0.3 is 26.3 Å². The molecule has 3 rings (SSSR count). The lowest BCUT2D eigenvalue weighted by atomic mass is 9.96. The van der Waals surface area contributed by atoms with Gasteiger partial charge in [0.15, 0.2) is 0 Å². The maximum atomic E-state index is 13.8. The Morgan fingerprint density at radius 2 is 1.72 bits per heavy atom. The number of nitro groups is 1. The average Bonchev–Trinajstić information content (AvgIpc) is 3.56. The van der Waals surface area contributed by atoms with Crippen LogP contribution < -0.4 is 16.0 Å². The normalized spacial score (nSPS) is 14.4. The van der Waals surface area contributed by atoms with Crippen molar-refractivity contribution in [1.82, 2.24) is 20.3 Å². The van der Waals surface area contributed by atoms with Crippen molar-refractivity contribution in [3.63, 3.8) is 0 Å². The number of amides is 2. The first kappa shape index (κ1) is 40.2. The number of nitrogens with one attached hydrogen (secondary N) is 3. The number of hydrogen-bond donors (Lipinski definition) is 5. The number of hydrogen-bond acceptors (Lipinski definition) is 11. The zero-order chi connectivity index (χ0) is 36.8. The van der Waals surface area contributed by atoms with Gasteiger partial charge in [-0.2, -0.15) is 4.31 Å². The predicted octanol–water partition coefficient (Wildman–Crippen LogP) is 3.52. The lowest BCUT2D eigenvalue weighted by Crippen LogP contribution is -2.57. The van der Waals surface area contributed by atoms with Crippen molar-refractivity contribution in [2.75, 3.05) is 19.6 Å². The molecule has 14 nitrogen and oxygen atoms in total. The van der Waals surface area contributed by atoms with E-state index in [2.05, 4.69) is 21.1 Å². The van der Waals surface area contributed by atoms with Gasteiger partial charge in [0.05, 0.1) is 34.7 Å². The molecule has 4 atom stereocenters. The third kappa shape index (κ3) is 12.0. The van der Waals surface area contributed by atoms with Gasteiger partial charge in [-0.25, -0.2) is 8.42 Å². The van der Waals surface area contributed by atoms with Crippen molar-refractivity contribution in [2.24, 2.45) is 17.0 Å². The third-order valence-electron chi connectivity index (χ3n) is 8.02. The van der Waals surface area contributed by atoms with Crippen LogP contribution in [-0.4, -0.2) is 83.8 Å². The fourth-order valence-electron chi connectivity index (χ4n) is 5.18. The Bertz CT molecular complexity index is 1680. The van der Waals surface area contributed by atoms with Crippen molar-refractivity contribution in [3.8, 4) is 0 Å². The number of thiophene rings is 1. The van der Waals surface area contributed by atoms with E-state index in [1.807, 2.05) is 58.0 Å². The van der Waals surface area contributed by atoms with Crippen molar-refractivity contribution in [1.29, 1.82) is 0 Å². The van der Waals surface area contributed by atoms with E-state index in [1.165, 1.54) is 40.9 Å². The summed E-state index contributed by atoms with van der Waals surface area (Å²) in [6.07, 6.45) is 0.585. The summed E-state index contributed by atoms with van der Waals surface area (Å²) in [6.45, 7) is 7.28. The van der Waals surface area contributed by atoms with Crippen LogP contribution in [0.25, 0.3) is 0 Å². The topological polar surface area (TPSA) is 204 Å². The quantitative estimate of drug-likeness (QED) is 0.0499. The van der Waals surface area contributed by atoms with Crippen LogP contribution >= 0.6 is 11.3 Å². The molecule has 0 aliphatic carbocycles. The summed E-state index contributed by atoms with van der Waals surface area (Å²) in [5.74, 6) is -1.36. The summed E-state index contributed by atoms with van der Waals surface area (Å²) < 4.78 is 28.8. The van der Waals surface area contributed by atoms with E-state index >= 15 is 0 Å². The van der Waals surface area contributed by atoms with E-state index in [-0.39, 0.29) is 54.3 Å². The van der Waals surface area contributed by atoms with E-state index in [0.717, 1.165) is 16.9 Å². The molecule has 0 bridgehead atoms. The summed E-state index contributed by atoms with van der Waals surface area (Å²) >= 11 is 0.993. The van der Waals surface area contributed by atoms with Crippen LogP contribution in [0.2, 0.25) is 0 Å². The lowest BCUT2D eigenvalue weighted by Gasteiger charge is -2.32. The van der Waals surface area contributed by atoms with Crippen molar-refractivity contribution < 1.29 is 33.2 Å². The number of aliphatic hydroxyl groups excluding tert-OH is 1. The van der Waals surface area contributed by atoms with E-state index in [4.69, 9.17) is 5.21 Å². The minimum atomic E-state index is -4.08. The third-order valence-corrected chi connectivity index (χ3v) is 10.8. The van der Waals surface area contributed by atoms with Crippen LogP contribution in [0.3, 0.4) is 0 Å². The molecular formula is C34H46N6O8S2. The van der Waals surface area contributed by atoms with Gasteiger partial charge in [0.25, 0.3) is 0 Å². The number of aliphatic hydroxyl groups is 1. The Hall–Kier alpha value is -4.22. The summed E-state index contributed by atoms with van der Waals surface area (Å²) in [5.41, 5.74) is 1.96. The summed E-state index contributed by atoms with van der Waals surface area (Å²) in [5, 5.41) is 44.6.